The van der Waals surface area contributed by atoms with Gasteiger partial charge in [0.2, 0.25) is 0 Å². The highest BCUT2D eigenvalue weighted by atomic mass is 19.4. The summed E-state index contributed by atoms with van der Waals surface area (Å²) in [7, 11) is 0. The highest BCUT2D eigenvalue weighted by Gasteiger charge is 2.34. The van der Waals surface area contributed by atoms with Crippen LogP contribution in [0.2, 0.25) is 0 Å². The van der Waals surface area contributed by atoms with Gasteiger partial charge in [0, 0.05) is 6.54 Å². The summed E-state index contributed by atoms with van der Waals surface area (Å²) in [4.78, 5) is 11.9. The summed E-state index contributed by atoms with van der Waals surface area (Å²) >= 11 is 0. The third-order valence-electron chi connectivity index (χ3n) is 2.87. The summed E-state index contributed by atoms with van der Waals surface area (Å²) in [5.74, 6) is -0.174. The molecule has 1 heterocycles. The number of aryl methyl sites for hydroxylation is 1. The third-order valence-corrected chi connectivity index (χ3v) is 2.87. The minimum Gasteiger partial charge on any atom is -0.469 e. The maximum atomic E-state index is 13.0. The maximum absolute atomic E-state index is 13.0. The van der Waals surface area contributed by atoms with Crippen LogP contribution in [-0.2, 0) is 12.7 Å². The van der Waals surface area contributed by atoms with E-state index in [0.717, 1.165) is 6.07 Å². The van der Waals surface area contributed by atoms with Crippen LogP contribution >= 0.6 is 0 Å². The maximum Gasteiger partial charge on any atom is 0.418 e. The number of carbonyl (C=O) groups excluding carboxylic acids is 1. The second kappa shape index (κ2) is 5.61. The minimum absolute atomic E-state index is 0.0156. The molecule has 4 nitrogen and oxygen atoms in total. The van der Waals surface area contributed by atoms with Crippen molar-refractivity contribution in [1.29, 1.82) is 0 Å². The van der Waals surface area contributed by atoms with E-state index in [1.165, 1.54) is 24.5 Å². The lowest BCUT2D eigenvalue weighted by atomic mass is 10.1. The van der Waals surface area contributed by atoms with Crippen molar-refractivity contribution < 1.29 is 22.4 Å². The number of amides is 1. The first-order valence-electron chi connectivity index (χ1n) is 6.08. The van der Waals surface area contributed by atoms with Gasteiger partial charge in [-0.2, -0.15) is 13.2 Å². The van der Waals surface area contributed by atoms with Gasteiger partial charge >= 0.3 is 6.18 Å². The average molecular weight is 298 g/mol. The molecule has 2 aromatic rings. The van der Waals surface area contributed by atoms with Gasteiger partial charge in [0.15, 0.2) is 0 Å². The molecule has 3 N–H and O–H groups in total. The zero-order valence-corrected chi connectivity index (χ0v) is 11.1. The number of hydrogen-bond donors (Lipinski definition) is 2. The topological polar surface area (TPSA) is 68.3 Å². The van der Waals surface area contributed by atoms with E-state index in [9.17, 15) is 18.0 Å². The smallest absolute Gasteiger partial charge is 0.418 e. The Morgan fingerprint density at radius 2 is 2.05 bits per heavy atom. The van der Waals surface area contributed by atoms with E-state index in [1.54, 1.807) is 6.92 Å². The monoisotopic (exact) mass is 298 g/mol. The van der Waals surface area contributed by atoms with Gasteiger partial charge < -0.3 is 15.5 Å². The molecule has 0 saturated carbocycles. The van der Waals surface area contributed by atoms with Crippen LogP contribution in [0.4, 0.5) is 18.9 Å². The lowest BCUT2D eigenvalue weighted by molar-refractivity contribution is -0.137. The van der Waals surface area contributed by atoms with Crippen molar-refractivity contribution in [2.45, 2.75) is 19.6 Å². The molecule has 0 saturated heterocycles. The summed E-state index contributed by atoms with van der Waals surface area (Å²) in [5, 5.41) is 2.24. The van der Waals surface area contributed by atoms with E-state index < -0.39 is 17.6 Å². The summed E-state index contributed by atoms with van der Waals surface area (Å²) in [5.41, 5.74) is 4.58. The first kappa shape index (κ1) is 15.1. The summed E-state index contributed by atoms with van der Waals surface area (Å²) in [6.45, 7) is 1.62. The van der Waals surface area contributed by atoms with Crippen molar-refractivity contribution in [1.82, 2.24) is 0 Å². The van der Waals surface area contributed by atoms with Crippen LogP contribution in [0.3, 0.4) is 0 Å². The molecule has 0 radical (unpaired) electrons. The quantitative estimate of drug-likeness (QED) is 0.913. The summed E-state index contributed by atoms with van der Waals surface area (Å²) in [6.07, 6.45) is -3.40. The van der Waals surface area contributed by atoms with Gasteiger partial charge in [-0.3, -0.25) is 4.79 Å². The van der Waals surface area contributed by atoms with Crippen molar-refractivity contribution in [2.24, 2.45) is 5.73 Å². The zero-order valence-electron chi connectivity index (χ0n) is 11.1. The Labute approximate surface area is 118 Å². The molecule has 0 fully saturated rings. The lowest BCUT2D eigenvalue weighted by Gasteiger charge is -2.14. The number of anilines is 1. The van der Waals surface area contributed by atoms with E-state index in [2.05, 4.69) is 5.32 Å². The Bertz CT molecular complexity index is 662. The standard InChI is InChI=1S/C14H13F3N2O2/c1-8-4-10(7-21-8)13(20)19-12-3-2-9(6-18)5-11(12)14(15,16)17/h2-5,7H,6,18H2,1H3,(H,19,20). The lowest BCUT2D eigenvalue weighted by Crippen LogP contribution is -2.17. The molecule has 1 aromatic heterocycles. The van der Waals surface area contributed by atoms with E-state index in [-0.39, 0.29) is 17.8 Å². The fourth-order valence-electron chi connectivity index (χ4n) is 1.82. The number of benzene rings is 1. The van der Waals surface area contributed by atoms with Crippen molar-refractivity contribution in [2.75, 3.05) is 5.32 Å². The van der Waals surface area contributed by atoms with E-state index >= 15 is 0 Å². The van der Waals surface area contributed by atoms with Gasteiger partial charge in [-0.05, 0) is 30.7 Å². The van der Waals surface area contributed by atoms with Gasteiger partial charge in [-0.1, -0.05) is 6.07 Å². The van der Waals surface area contributed by atoms with Crippen LogP contribution in [0.5, 0.6) is 0 Å². The molecule has 0 unspecified atom stereocenters. The number of nitrogens with one attached hydrogen (secondary N) is 1. The van der Waals surface area contributed by atoms with Crippen molar-refractivity contribution in [3.05, 3.63) is 53.0 Å². The average Bonchev–Trinajstić information content (AvgIpc) is 2.84. The Hall–Kier alpha value is -2.28. The van der Waals surface area contributed by atoms with Gasteiger partial charge in [-0.25, -0.2) is 0 Å². The highest BCUT2D eigenvalue weighted by Crippen LogP contribution is 2.35. The Morgan fingerprint density at radius 1 is 1.33 bits per heavy atom. The number of carbonyl (C=O) groups is 1. The second-order valence-electron chi connectivity index (χ2n) is 4.48. The summed E-state index contributed by atoms with van der Waals surface area (Å²) in [6, 6.07) is 4.99. The Balaban J connectivity index is 2.33. The van der Waals surface area contributed by atoms with E-state index in [1.807, 2.05) is 0 Å². The molecule has 0 bridgehead atoms. The molecule has 21 heavy (non-hydrogen) atoms. The van der Waals surface area contributed by atoms with Gasteiger partial charge in [0.1, 0.15) is 12.0 Å². The van der Waals surface area contributed by atoms with Crippen LogP contribution < -0.4 is 11.1 Å². The molecule has 0 spiro atoms. The molecule has 0 aliphatic carbocycles. The Kier molecular flexibility index (Phi) is 4.04. The van der Waals surface area contributed by atoms with E-state index in [0.29, 0.717) is 11.3 Å². The number of halogens is 3. The Morgan fingerprint density at radius 3 is 2.57 bits per heavy atom. The predicted molar refractivity (Wildman–Crippen MR) is 70.7 cm³/mol. The van der Waals surface area contributed by atoms with Crippen LogP contribution in [-0.4, -0.2) is 5.91 Å². The molecular formula is C14H13F3N2O2. The summed E-state index contributed by atoms with van der Waals surface area (Å²) < 4.78 is 44.0. The van der Waals surface area contributed by atoms with Gasteiger partial charge in [0.05, 0.1) is 16.8 Å². The first-order chi connectivity index (χ1) is 9.81. The van der Waals surface area contributed by atoms with Gasteiger partial charge in [-0.15, -0.1) is 0 Å². The number of alkyl halides is 3. The number of rotatable bonds is 3. The molecular weight excluding hydrogens is 285 g/mol. The van der Waals surface area contributed by atoms with Crippen LogP contribution in [0.1, 0.15) is 27.2 Å². The molecule has 1 amide bonds. The number of hydrogen-bond acceptors (Lipinski definition) is 3. The fourth-order valence-corrected chi connectivity index (χ4v) is 1.82. The van der Waals surface area contributed by atoms with Crippen molar-refractivity contribution >= 4 is 11.6 Å². The minimum atomic E-state index is -4.58. The number of furan rings is 1. The van der Waals surface area contributed by atoms with Crippen molar-refractivity contribution in [3.63, 3.8) is 0 Å². The largest absolute Gasteiger partial charge is 0.469 e. The van der Waals surface area contributed by atoms with Crippen LogP contribution in [0.25, 0.3) is 0 Å². The molecule has 2 rings (SSSR count). The molecule has 0 aliphatic heterocycles. The molecule has 7 heteroatoms. The van der Waals surface area contributed by atoms with Crippen LogP contribution in [0.15, 0.2) is 34.9 Å². The van der Waals surface area contributed by atoms with E-state index in [4.69, 9.17) is 10.2 Å². The van der Waals surface area contributed by atoms with Crippen LogP contribution in [0, 0.1) is 6.92 Å². The number of nitrogens with two attached hydrogens (primary N) is 1. The highest BCUT2D eigenvalue weighted by molar-refractivity contribution is 6.04. The first-order valence-corrected chi connectivity index (χ1v) is 6.08. The zero-order chi connectivity index (χ0) is 15.6. The van der Waals surface area contributed by atoms with Gasteiger partial charge in [0.25, 0.3) is 5.91 Å². The fraction of sp³-hybridized carbons (Fsp3) is 0.214. The molecule has 0 atom stereocenters. The molecule has 1 aromatic carbocycles. The molecule has 0 aliphatic rings. The predicted octanol–water partition coefficient (Wildman–Crippen LogP) is 3.32. The third kappa shape index (κ3) is 3.43. The SMILES string of the molecule is Cc1cc(C(=O)Nc2ccc(CN)cc2C(F)(F)F)co1. The van der Waals surface area contributed by atoms with Crippen molar-refractivity contribution in [3.8, 4) is 0 Å². The molecule has 112 valence electrons. The normalized spacial score (nSPS) is 11.5. The second-order valence-corrected chi connectivity index (χ2v) is 4.48.